The normalized spacial score (nSPS) is 13.5. The fourth-order valence-corrected chi connectivity index (χ4v) is 0.556. The number of hydrogen-bond donors (Lipinski definition) is 3. The molecule has 0 radical (unpaired) electrons. The van der Waals surface area contributed by atoms with Crippen LogP contribution in [-0.4, -0.2) is 24.4 Å². The van der Waals surface area contributed by atoms with Gasteiger partial charge in [0, 0.05) is 6.54 Å². The minimum Gasteiger partial charge on any atom is -0.369 e. The molecule has 0 aliphatic heterocycles. The molecule has 5 heteroatoms. The van der Waals surface area contributed by atoms with Crippen molar-refractivity contribution in [2.75, 3.05) is 6.54 Å². The molecule has 0 saturated carbocycles. The van der Waals surface area contributed by atoms with E-state index in [-0.39, 0.29) is 12.5 Å². The molecule has 0 rings (SSSR count). The summed E-state index contributed by atoms with van der Waals surface area (Å²) in [7, 11) is 0. The number of nitrogens with two attached hydrogens (primary N) is 2. The quantitative estimate of drug-likeness (QED) is 0.524. The van der Waals surface area contributed by atoms with Gasteiger partial charge >= 0.3 is 0 Å². The van der Waals surface area contributed by atoms with E-state index in [1.54, 1.807) is 20.8 Å². The van der Waals surface area contributed by atoms with Gasteiger partial charge in [0.15, 0.2) is 0 Å². The predicted octanol–water partition coefficient (Wildman–Crippen LogP) is -1.04. The van der Waals surface area contributed by atoms with Gasteiger partial charge in [0.2, 0.25) is 11.8 Å². The maximum absolute atomic E-state index is 11.0. The van der Waals surface area contributed by atoms with Crippen LogP contribution < -0.4 is 16.8 Å². The fourth-order valence-electron chi connectivity index (χ4n) is 0.556. The van der Waals surface area contributed by atoms with E-state index in [4.69, 9.17) is 11.5 Å². The lowest BCUT2D eigenvalue weighted by Gasteiger charge is -2.21. The minimum absolute atomic E-state index is 0.211. The second-order valence-corrected chi connectivity index (χ2v) is 3.75. The predicted molar refractivity (Wildman–Crippen MR) is 49.6 cm³/mol. The Kier molecular flexibility index (Phi) is 3.87. The number of carbonyl (C=O) groups excluding carboxylic acids is 2. The maximum atomic E-state index is 11.0. The Balaban J connectivity index is 4.03. The summed E-state index contributed by atoms with van der Waals surface area (Å²) in [4.78, 5) is 21.9. The lowest BCUT2D eigenvalue weighted by molar-refractivity contribution is -0.127. The van der Waals surface area contributed by atoms with Crippen LogP contribution in [0.25, 0.3) is 0 Å². The minimum atomic E-state index is -0.732. The van der Waals surface area contributed by atoms with Crippen LogP contribution in [0, 0.1) is 5.41 Å². The van der Waals surface area contributed by atoms with E-state index in [2.05, 4.69) is 5.32 Å². The number of carbonyl (C=O) groups is 2. The molecule has 2 amide bonds. The molecule has 0 spiro atoms. The van der Waals surface area contributed by atoms with Crippen molar-refractivity contribution < 1.29 is 9.59 Å². The second kappa shape index (κ2) is 4.23. The SMILES string of the molecule is C[C@@H](N)C(=O)NCC(C)(C)C(N)=O. The number of primary amides is 1. The van der Waals surface area contributed by atoms with Crippen LogP contribution in [0.1, 0.15) is 20.8 Å². The van der Waals surface area contributed by atoms with E-state index in [9.17, 15) is 9.59 Å². The fraction of sp³-hybridized carbons (Fsp3) is 0.750. The molecule has 76 valence electrons. The molecule has 5 nitrogen and oxygen atoms in total. The molecule has 0 aliphatic rings. The van der Waals surface area contributed by atoms with Crippen LogP contribution in [-0.2, 0) is 9.59 Å². The Labute approximate surface area is 77.8 Å². The summed E-state index contributed by atoms with van der Waals surface area (Å²) in [5.74, 6) is -0.730. The van der Waals surface area contributed by atoms with Gasteiger partial charge in [-0.15, -0.1) is 0 Å². The third-order valence-electron chi connectivity index (χ3n) is 1.79. The number of amides is 2. The number of hydrogen-bond acceptors (Lipinski definition) is 3. The van der Waals surface area contributed by atoms with Gasteiger partial charge in [-0.1, -0.05) is 0 Å². The molecule has 0 aromatic heterocycles. The molecule has 0 bridgehead atoms. The molecule has 0 aromatic rings. The lowest BCUT2D eigenvalue weighted by Crippen LogP contribution is -2.46. The third-order valence-corrected chi connectivity index (χ3v) is 1.79. The molecule has 0 fully saturated rings. The van der Waals surface area contributed by atoms with Gasteiger partial charge in [-0.25, -0.2) is 0 Å². The third kappa shape index (κ3) is 3.89. The lowest BCUT2D eigenvalue weighted by atomic mass is 9.93. The van der Waals surface area contributed by atoms with Crippen LogP contribution in [0.2, 0.25) is 0 Å². The summed E-state index contributed by atoms with van der Waals surface area (Å²) in [6.45, 7) is 5.11. The molecule has 1 atom stereocenters. The molecule has 0 aliphatic carbocycles. The van der Waals surface area contributed by atoms with E-state index in [1.165, 1.54) is 0 Å². The van der Waals surface area contributed by atoms with Crippen LogP contribution in [0.15, 0.2) is 0 Å². The molecule has 0 saturated heterocycles. The highest BCUT2D eigenvalue weighted by Gasteiger charge is 2.25. The van der Waals surface area contributed by atoms with Crippen molar-refractivity contribution in [3.05, 3.63) is 0 Å². The molecule has 0 unspecified atom stereocenters. The van der Waals surface area contributed by atoms with Crippen LogP contribution >= 0.6 is 0 Å². The summed E-state index contributed by atoms with van der Waals surface area (Å²) in [6.07, 6.45) is 0. The van der Waals surface area contributed by atoms with Gasteiger partial charge in [-0.3, -0.25) is 9.59 Å². The average molecular weight is 187 g/mol. The van der Waals surface area contributed by atoms with Gasteiger partial charge in [-0.05, 0) is 20.8 Å². The molecule has 0 aromatic carbocycles. The second-order valence-electron chi connectivity index (χ2n) is 3.75. The number of nitrogens with one attached hydrogen (secondary N) is 1. The van der Waals surface area contributed by atoms with Gasteiger partial charge < -0.3 is 16.8 Å². The highest BCUT2D eigenvalue weighted by Crippen LogP contribution is 2.11. The van der Waals surface area contributed by atoms with Crippen LogP contribution in [0.4, 0.5) is 0 Å². The van der Waals surface area contributed by atoms with Crippen molar-refractivity contribution >= 4 is 11.8 Å². The summed E-state index contributed by atoms with van der Waals surface area (Å²) in [5.41, 5.74) is 9.69. The zero-order chi connectivity index (χ0) is 10.6. The zero-order valence-corrected chi connectivity index (χ0v) is 8.26. The van der Waals surface area contributed by atoms with E-state index in [0.29, 0.717) is 0 Å². The standard InChI is InChI=1S/C8H17N3O2/c1-5(9)6(12)11-4-8(2,3)7(10)13/h5H,4,9H2,1-3H3,(H2,10,13)(H,11,12)/t5-/m1/s1. The van der Waals surface area contributed by atoms with Gasteiger partial charge in [0.05, 0.1) is 11.5 Å². The molecule has 13 heavy (non-hydrogen) atoms. The van der Waals surface area contributed by atoms with Crippen LogP contribution in [0.3, 0.4) is 0 Å². The molecular formula is C8H17N3O2. The summed E-state index contributed by atoms with van der Waals surface area (Å²) >= 11 is 0. The smallest absolute Gasteiger partial charge is 0.236 e. The van der Waals surface area contributed by atoms with Crippen molar-refractivity contribution in [3.8, 4) is 0 Å². The summed E-state index contributed by atoms with van der Waals surface area (Å²) in [6, 6.07) is -0.566. The first-order chi connectivity index (χ1) is 5.77. The highest BCUT2D eigenvalue weighted by atomic mass is 16.2. The first kappa shape index (κ1) is 11.9. The maximum Gasteiger partial charge on any atom is 0.236 e. The van der Waals surface area contributed by atoms with Gasteiger partial charge in [0.1, 0.15) is 0 Å². The Hall–Kier alpha value is -1.10. The van der Waals surface area contributed by atoms with Crippen molar-refractivity contribution in [3.63, 3.8) is 0 Å². The van der Waals surface area contributed by atoms with Crippen molar-refractivity contribution in [1.29, 1.82) is 0 Å². The first-order valence-corrected chi connectivity index (χ1v) is 4.10. The molecule has 5 N–H and O–H groups in total. The van der Waals surface area contributed by atoms with E-state index in [1.807, 2.05) is 0 Å². The Morgan fingerprint density at radius 3 is 2.23 bits per heavy atom. The first-order valence-electron chi connectivity index (χ1n) is 4.10. The molecular weight excluding hydrogens is 170 g/mol. The topological polar surface area (TPSA) is 98.2 Å². The highest BCUT2D eigenvalue weighted by molar-refractivity contribution is 5.83. The largest absolute Gasteiger partial charge is 0.369 e. The Morgan fingerprint density at radius 2 is 1.92 bits per heavy atom. The Bertz CT molecular complexity index is 211. The molecule has 0 heterocycles. The summed E-state index contributed by atoms with van der Waals surface area (Å²) < 4.78 is 0. The van der Waals surface area contributed by atoms with Gasteiger partial charge in [-0.2, -0.15) is 0 Å². The van der Waals surface area contributed by atoms with E-state index < -0.39 is 17.4 Å². The monoisotopic (exact) mass is 187 g/mol. The summed E-state index contributed by atoms with van der Waals surface area (Å²) in [5, 5.41) is 2.54. The van der Waals surface area contributed by atoms with Gasteiger partial charge in [0.25, 0.3) is 0 Å². The average Bonchev–Trinajstić information content (AvgIpc) is 1.99. The van der Waals surface area contributed by atoms with Crippen molar-refractivity contribution in [1.82, 2.24) is 5.32 Å². The van der Waals surface area contributed by atoms with Crippen molar-refractivity contribution in [2.45, 2.75) is 26.8 Å². The number of rotatable bonds is 4. The van der Waals surface area contributed by atoms with Crippen molar-refractivity contribution in [2.24, 2.45) is 16.9 Å². The van der Waals surface area contributed by atoms with E-state index >= 15 is 0 Å². The zero-order valence-electron chi connectivity index (χ0n) is 8.26. The van der Waals surface area contributed by atoms with E-state index in [0.717, 1.165) is 0 Å². The Morgan fingerprint density at radius 1 is 1.46 bits per heavy atom. The van der Waals surface area contributed by atoms with Crippen LogP contribution in [0.5, 0.6) is 0 Å².